The molecule has 2 aliphatic rings. The Balaban J connectivity index is 1.71. The fourth-order valence-corrected chi connectivity index (χ4v) is 3.72. The van der Waals surface area contributed by atoms with Crippen molar-refractivity contribution in [3.63, 3.8) is 0 Å². The van der Waals surface area contributed by atoms with Gasteiger partial charge in [-0.1, -0.05) is 39.5 Å². The Labute approximate surface area is 118 Å². The smallest absolute Gasteiger partial charge is 0.222 e. The van der Waals surface area contributed by atoms with Crippen LogP contribution in [0.1, 0.15) is 58.8 Å². The topological polar surface area (TPSA) is 32.3 Å². The van der Waals surface area contributed by atoms with Gasteiger partial charge in [0.25, 0.3) is 0 Å². The molecular weight excluding hydrogens is 236 g/mol. The monoisotopic (exact) mass is 266 g/mol. The van der Waals surface area contributed by atoms with Crippen molar-refractivity contribution in [1.29, 1.82) is 0 Å². The van der Waals surface area contributed by atoms with E-state index in [-0.39, 0.29) is 0 Å². The summed E-state index contributed by atoms with van der Waals surface area (Å²) in [5, 5.41) is 3.53. The first-order chi connectivity index (χ1) is 9.20. The van der Waals surface area contributed by atoms with Crippen LogP contribution in [0.15, 0.2) is 0 Å². The Morgan fingerprint density at radius 1 is 1.26 bits per heavy atom. The minimum Gasteiger partial charge on any atom is -0.342 e. The summed E-state index contributed by atoms with van der Waals surface area (Å²) in [6.45, 7) is 7.35. The summed E-state index contributed by atoms with van der Waals surface area (Å²) >= 11 is 0. The number of piperidine rings is 1. The van der Waals surface area contributed by atoms with Crippen molar-refractivity contribution in [3.05, 3.63) is 0 Å². The molecule has 0 aromatic carbocycles. The molecule has 3 nitrogen and oxygen atoms in total. The molecule has 0 bridgehead atoms. The van der Waals surface area contributed by atoms with Gasteiger partial charge in [-0.3, -0.25) is 4.79 Å². The van der Waals surface area contributed by atoms with Gasteiger partial charge in [0.05, 0.1) is 0 Å². The van der Waals surface area contributed by atoms with Gasteiger partial charge in [-0.2, -0.15) is 0 Å². The minimum absolute atomic E-state index is 0.397. The number of amides is 1. The third-order valence-corrected chi connectivity index (χ3v) is 4.97. The van der Waals surface area contributed by atoms with Crippen LogP contribution in [0.25, 0.3) is 0 Å². The van der Waals surface area contributed by atoms with E-state index in [1.165, 1.54) is 25.7 Å². The van der Waals surface area contributed by atoms with Gasteiger partial charge in [-0.05, 0) is 31.2 Å². The molecule has 1 N–H and O–H groups in total. The summed E-state index contributed by atoms with van der Waals surface area (Å²) in [5.41, 5.74) is 0. The van der Waals surface area contributed by atoms with Crippen LogP contribution in [-0.2, 0) is 4.79 Å². The Bertz CT molecular complexity index is 286. The lowest BCUT2D eigenvalue weighted by atomic mass is 9.93. The molecular formula is C16H30N2O. The van der Waals surface area contributed by atoms with E-state index in [0.717, 1.165) is 44.8 Å². The maximum Gasteiger partial charge on any atom is 0.222 e. The fraction of sp³-hybridized carbons (Fsp3) is 0.938. The van der Waals surface area contributed by atoms with Crippen LogP contribution in [0, 0.1) is 11.8 Å². The van der Waals surface area contributed by atoms with Gasteiger partial charge >= 0.3 is 0 Å². The summed E-state index contributed by atoms with van der Waals surface area (Å²) in [4.78, 5) is 14.4. The zero-order valence-corrected chi connectivity index (χ0v) is 12.7. The zero-order valence-electron chi connectivity index (χ0n) is 12.7. The molecule has 110 valence electrons. The van der Waals surface area contributed by atoms with Crippen LogP contribution in [-0.4, -0.2) is 36.5 Å². The maximum absolute atomic E-state index is 12.3. The maximum atomic E-state index is 12.3. The van der Waals surface area contributed by atoms with Gasteiger partial charge in [0, 0.05) is 25.6 Å². The summed E-state index contributed by atoms with van der Waals surface area (Å²) in [6, 6.07) is 0.601. The van der Waals surface area contributed by atoms with E-state index in [2.05, 4.69) is 24.1 Å². The molecule has 0 aromatic heterocycles. The lowest BCUT2D eigenvalue weighted by molar-refractivity contribution is -0.133. The number of carbonyl (C=O) groups excluding carboxylic acids is 1. The van der Waals surface area contributed by atoms with Crippen molar-refractivity contribution in [2.45, 2.75) is 64.8 Å². The molecule has 1 aliphatic heterocycles. The van der Waals surface area contributed by atoms with E-state index in [9.17, 15) is 4.79 Å². The molecule has 0 spiro atoms. The Hall–Kier alpha value is -0.570. The van der Waals surface area contributed by atoms with Crippen molar-refractivity contribution < 1.29 is 4.79 Å². The van der Waals surface area contributed by atoms with E-state index in [0.29, 0.717) is 17.9 Å². The highest BCUT2D eigenvalue weighted by Gasteiger charge is 2.28. The predicted octanol–water partition coefficient (Wildman–Crippen LogP) is 2.80. The molecule has 0 radical (unpaired) electrons. The van der Waals surface area contributed by atoms with E-state index < -0.39 is 0 Å². The Morgan fingerprint density at radius 3 is 2.63 bits per heavy atom. The summed E-state index contributed by atoms with van der Waals surface area (Å²) < 4.78 is 0. The summed E-state index contributed by atoms with van der Waals surface area (Å²) in [5.74, 6) is 1.82. The normalized spacial score (nSPS) is 28.8. The minimum atomic E-state index is 0.397. The highest BCUT2D eigenvalue weighted by Crippen LogP contribution is 2.29. The van der Waals surface area contributed by atoms with Gasteiger partial charge in [0.15, 0.2) is 0 Å². The molecule has 2 atom stereocenters. The molecule has 1 saturated heterocycles. The largest absolute Gasteiger partial charge is 0.342 e. The molecule has 2 rings (SSSR count). The van der Waals surface area contributed by atoms with E-state index in [1.54, 1.807) is 0 Å². The van der Waals surface area contributed by atoms with Gasteiger partial charge in [-0.25, -0.2) is 0 Å². The standard InChI is InChI=1S/C16H30N2O/c1-3-17-15-10-11-18(12-13(15)2)16(19)9-8-14-6-4-5-7-14/h13-15,17H,3-12H2,1-2H3. The second kappa shape index (κ2) is 7.28. The number of nitrogens with zero attached hydrogens (tertiary/aromatic N) is 1. The van der Waals surface area contributed by atoms with Crippen molar-refractivity contribution >= 4 is 5.91 Å². The van der Waals surface area contributed by atoms with E-state index in [1.807, 2.05) is 0 Å². The highest BCUT2D eigenvalue weighted by atomic mass is 16.2. The van der Waals surface area contributed by atoms with E-state index >= 15 is 0 Å². The fourth-order valence-electron chi connectivity index (χ4n) is 3.72. The van der Waals surface area contributed by atoms with Gasteiger partial charge in [-0.15, -0.1) is 0 Å². The Morgan fingerprint density at radius 2 is 2.00 bits per heavy atom. The third kappa shape index (κ3) is 4.20. The molecule has 0 aromatic rings. The second-order valence-corrected chi connectivity index (χ2v) is 6.46. The summed E-state index contributed by atoms with van der Waals surface area (Å²) in [6.07, 6.45) is 8.49. The molecule has 2 fully saturated rings. The molecule has 1 heterocycles. The van der Waals surface area contributed by atoms with Crippen LogP contribution in [0.5, 0.6) is 0 Å². The average molecular weight is 266 g/mol. The van der Waals surface area contributed by atoms with Crippen LogP contribution >= 0.6 is 0 Å². The second-order valence-electron chi connectivity index (χ2n) is 6.46. The number of hydrogen-bond acceptors (Lipinski definition) is 2. The molecule has 3 heteroatoms. The molecule has 2 unspecified atom stereocenters. The number of rotatable bonds is 5. The average Bonchev–Trinajstić information content (AvgIpc) is 2.91. The zero-order chi connectivity index (χ0) is 13.7. The SMILES string of the molecule is CCNC1CCN(C(=O)CCC2CCCC2)CC1C. The lowest BCUT2D eigenvalue weighted by Crippen LogP contribution is -2.50. The van der Waals surface area contributed by atoms with E-state index in [4.69, 9.17) is 0 Å². The molecule has 1 saturated carbocycles. The van der Waals surface area contributed by atoms with Gasteiger partial charge in [0.1, 0.15) is 0 Å². The first-order valence-corrected chi connectivity index (χ1v) is 8.22. The van der Waals surface area contributed by atoms with Crippen LogP contribution in [0.2, 0.25) is 0 Å². The molecule has 1 aliphatic carbocycles. The number of hydrogen-bond donors (Lipinski definition) is 1. The third-order valence-electron chi connectivity index (χ3n) is 4.97. The molecule has 1 amide bonds. The van der Waals surface area contributed by atoms with Gasteiger partial charge in [0.2, 0.25) is 5.91 Å². The van der Waals surface area contributed by atoms with Crippen LogP contribution < -0.4 is 5.32 Å². The quantitative estimate of drug-likeness (QED) is 0.830. The van der Waals surface area contributed by atoms with Gasteiger partial charge < -0.3 is 10.2 Å². The van der Waals surface area contributed by atoms with Crippen molar-refractivity contribution in [3.8, 4) is 0 Å². The number of nitrogens with one attached hydrogen (secondary N) is 1. The number of carbonyl (C=O) groups is 1. The number of likely N-dealkylation sites (tertiary alicyclic amines) is 1. The van der Waals surface area contributed by atoms with Crippen molar-refractivity contribution in [2.24, 2.45) is 11.8 Å². The predicted molar refractivity (Wildman–Crippen MR) is 79.0 cm³/mol. The first kappa shape index (κ1) is 14.8. The van der Waals surface area contributed by atoms with Crippen LogP contribution in [0.4, 0.5) is 0 Å². The van der Waals surface area contributed by atoms with Crippen LogP contribution in [0.3, 0.4) is 0 Å². The first-order valence-electron chi connectivity index (χ1n) is 8.22. The summed E-state index contributed by atoms with van der Waals surface area (Å²) in [7, 11) is 0. The van der Waals surface area contributed by atoms with Crippen molar-refractivity contribution in [2.75, 3.05) is 19.6 Å². The molecule has 19 heavy (non-hydrogen) atoms. The lowest BCUT2D eigenvalue weighted by Gasteiger charge is -2.37. The van der Waals surface area contributed by atoms with Crippen molar-refractivity contribution in [1.82, 2.24) is 10.2 Å². The highest BCUT2D eigenvalue weighted by molar-refractivity contribution is 5.76. The Kier molecular flexibility index (Phi) is 5.68.